The van der Waals surface area contributed by atoms with E-state index in [1.54, 1.807) is 0 Å². The highest BCUT2D eigenvalue weighted by molar-refractivity contribution is 5.94. The first-order valence-electron chi connectivity index (χ1n) is 9.38. The summed E-state index contributed by atoms with van der Waals surface area (Å²) in [5.74, 6) is 0.845. The third-order valence-electron chi connectivity index (χ3n) is 4.99. The van der Waals surface area contributed by atoms with Crippen LogP contribution >= 0.6 is 0 Å². The Labute approximate surface area is 159 Å². The molecule has 1 aliphatic rings. The molecule has 2 heterocycles. The number of hydrogen-bond acceptors (Lipinski definition) is 5. The van der Waals surface area contributed by atoms with Crippen molar-refractivity contribution >= 4 is 5.91 Å². The highest BCUT2D eigenvalue weighted by Gasteiger charge is 2.29. The van der Waals surface area contributed by atoms with Gasteiger partial charge >= 0.3 is 0 Å². The minimum Gasteiger partial charge on any atom is -0.349 e. The molecule has 3 rings (SSSR count). The SMILES string of the molecule is CC(c1nc(C(C)(C)C)no1)N1CCC(NC(=O)c2ccc(F)cc2)CC1. The van der Waals surface area contributed by atoms with Crippen LogP contribution in [0.5, 0.6) is 0 Å². The summed E-state index contributed by atoms with van der Waals surface area (Å²) in [6.07, 6.45) is 1.69. The maximum atomic E-state index is 13.0. The molecular weight excluding hydrogens is 347 g/mol. The average Bonchev–Trinajstić information content (AvgIpc) is 3.13. The lowest BCUT2D eigenvalue weighted by Gasteiger charge is -2.34. The Hall–Kier alpha value is -2.28. The minimum atomic E-state index is -0.343. The van der Waals surface area contributed by atoms with Crippen molar-refractivity contribution in [1.29, 1.82) is 0 Å². The first kappa shape index (κ1) is 19.5. The van der Waals surface area contributed by atoms with Gasteiger partial charge in [0.15, 0.2) is 5.82 Å². The van der Waals surface area contributed by atoms with Crippen LogP contribution in [-0.4, -0.2) is 40.1 Å². The second-order valence-corrected chi connectivity index (χ2v) is 8.17. The molecule has 1 unspecified atom stereocenters. The Kier molecular flexibility index (Phi) is 5.60. The van der Waals surface area contributed by atoms with E-state index >= 15 is 0 Å². The number of nitrogens with one attached hydrogen (secondary N) is 1. The zero-order valence-electron chi connectivity index (χ0n) is 16.3. The van der Waals surface area contributed by atoms with Gasteiger partial charge in [-0.15, -0.1) is 0 Å². The largest absolute Gasteiger partial charge is 0.349 e. The lowest BCUT2D eigenvalue weighted by Crippen LogP contribution is -2.45. The van der Waals surface area contributed by atoms with Crippen LogP contribution < -0.4 is 5.32 Å². The number of amides is 1. The molecule has 27 heavy (non-hydrogen) atoms. The second kappa shape index (κ2) is 7.76. The minimum absolute atomic E-state index is 0.0438. The molecule has 0 aliphatic carbocycles. The van der Waals surface area contributed by atoms with Gasteiger partial charge in [-0.05, 0) is 44.0 Å². The standard InChI is InChI=1S/C20H27FN4O2/c1-13(18-23-19(24-27-18)20(2,3)4)25-11-9-16(10-12-25)22-17(26)14-5-7-15(21)8-6-14/h5-8,13,16H,9-12H2,1-4H3,(H,22,26). The van der Waals surface area contributed by atoms with Crippen LogP contribution in [-0.2, 0) is 5.41 Å². The Morgan fingerprint density at radius 1 is 1.26 bits per heavy atom. The van der Waals surface area contributed by atoms with Crippen LogP contribution in [0.2, 0.25) is 0 Å². The molecule has 1 saturated heterocycles. The van der Waals surface area contributed by atoms with Gasteiger partial charge in [0.05, 0.1) is 6.04 Å². The molecule has 1 amide bonds. The van der Waals surface area contributed by atoms with Gasteiger partial charge in [0.25, 0.3) is 5.91 Å². The van der Waals surface area contributed by atoms with Crippen molar-refractivity contribution in [3.63, 3.8) is 0 Å². The van der Waals surface area contributed by atoms with Gasteiger partial charge in [0.1, 0.15) is 5.82 Å². The predicted molar refractivity (Wildman–Crippen MR) is 99.9 cm³/mol. The fourth-order valence-electron chi connectivity index (χ4n) is 3.17. The van der Waals surface area contributed by atoms with Crippen molar-refractivity contribution in [3.8, 4) is 0 Å². The molecule has 0 bridgehead atoms. The van der Waals surface area contributed by atoms with E-state index in [0.29, 0.717) is 17.3 Å². The summed E-state index contributed by atoms with van der Waals surface area (Å²) in [6, 6.07) is 5.76. The maximum absolute atomic E-state index is 13.0. The number of hydrogen-bond donors (Lipinski definition) is 1. The van der Waals surface area contributed by atoms with Crippen molar-refractivity contribution in [2.45, 2.75) is 58.0 Å². The van der Waals surface area contributed by atoms with Crippen molar-refractivity contribution in [1.82, 2.24) is 20.4 Å². The smallest absolute Gasteiger partial charge is 0.251 e. The van der Waals surface area contributed by atoms with Crippen LogP contribution in [0.15, 0.2) is 28.8 Å². The van der Waals surface area contributed by atoms with Crippen LogP contribution in [0.3, 0.4) is 0 Å². The van der Waals surface area contributed by atoms with Crippen LogP contribution in [0.25, 0.3) is 0 Å². The predicted octanol–water partition coefficient (Wildman–Crippen LogP) is 3.46. The van der Waals surface area contributed by atoms with Crippen molar-refractivity contribution < 1.29 is 13.7 Å². The number of piperidine rings is 1. The number of likely N-dealkylation sites (tertiary alicyclic amines) is 1. The molecule has 1 fully saturated rings. The van der Waals surface area contributed by atoms with Gasteiger partial charge in [0, 0.05) is 30.1 Å². The summed E-state index contributed by atoms with van der Waals surface area (Å²) in [5, 5.41) is 7.14. The number of nitrogens with zero attached hydrogens (tertiary/aromatic N) is 3. The topological polar surface area (TPSA) is 71.3 Å². The fourth-order valence-corrected chi connectivity index (χ4v) is 3.17. The Bertz CT molecular complexity index is 774. The summed E-state index contributed by atoms with van der Waals surface area (Å²) in [4.78, 5) is 19.1. The van der Waals surface area contributed by atoms with Gasteiger partial charge in [0.2, 0.25) is 5.89 Å². The number of aromatic nitrogens is 2. The van der Waals surface area contributed by atoms with E-state index in [1.165, 1.54) is 24.3 Å². The summed E-state index contributed by atoms with van der Waals surface area (Å²) in [7, 11) is 0. The Balaban J connectivity index is 1.53. The highest BCUT2D eigenvalue weighted by atomic mass is 19.1. The van der Waals surface area contributed by atoms with Crippen molar-refractivity contribution in [2.75, 3.05) is 13.1 Å². The highest BCUT2D eigenvalue weighted by Crippen LogP contribution is 2.26. The quantitative estimate of drug-likeness (QED) is 0.887. The summed E-state index contributed by atoms with van der Waals surface area (Å²) < 4.78 is 18.4. The van der Waals surface area contributed by atoms with Gasteiger partial charge in [-0.25, -0.2) is 4.39 Å². The molecule has 146 valence electrons. The summed E-state index contributed by atoms with van der Waals surface area (Å²) >= 11 is 0. The third-order valence-corrected chi connectivity index (χ3v) is 4.99. The normalized spacial score (nSPS) is 17.7. The van der Waals surface area contributed by atoms with E-state index < -0.39 is 0 Å². The van der Waals surface area contributed by atoms with Crippen LogP contribution in [0, 0.1) is 5.82 Å². The van der Waals surface area contributed by atoms with Crippen molar-refractivity contribution in [2.24, 2.45) is 0 Å². The van der Waals surface area contributed by atoms with Gasteiger partial charge < -0.3 is 9.84 Å². The van der Waals surface area contributed by atoms with E-state index in [2.05, 4.69) is 48.1 Å². The molecule has 1 atom stereocenters. The summed E-state index contributed by atoms with van der Waals surface area (Å²) in [6.45, 7) is 9.91. The third kappa shape index (κ3) is 4.71. The van der Waals surface area contributed by atoms with Gasteiger partial charge in [-0.1, -0.05) is 25.9 Å². The number of carbonyl (C=O) groups is 1. The summed E-state index contributed by atoms with van der Waals surface area (Å²) in [5.41, 5.74) is 0.340. The second-order valence-electron chi connectivity index (χ2n) is 8.17. The van der Waals surface area contributed by atoms with Gasteiger partial charge in [-0.2, -0.15) is 4.98 Å². The molecule has 7 heteroatoms. The molecule has 1 N–H and O–H groups in total. The van der Waals surface area contributed by atoms with E-state index in [4.69, 9.17) is 4.52 Å². The lowest BCUT2D eigenvalue weighted by molar-refractivity contribution is 0.0881. The zero-order valence-corrected chi connectivity index (χ0v) is 16.3. The number of halogens is 1. The van der Waals surface area contributed by atoms with Crippen molar-refractivity contribution in [3.05, 3.63) is 47.4 Å². The fraction of sp³-hybridized carbons (Fsp3) is 0.550. The number of carbonyl (C=O) groups excluding carboxylic acids is 1. The Morgan fingerprint density at radius 3 is 2.44 bits per heavy atom. The molecular formula is C20H27FN4O2. The van der Waals surface area contributed by atoms with Crippen LogP contribution in [0.1, 0.15) is 68.7 Å². The molecule has 0 spiro atoms. The van der Waals surface area contributed by atoms with E-state index in [0.717, 1.165) is 25.9 Å². The maximum Gasteiger partial charge on any atom is 0.251 e. The molecule has 6 nitrogen and oxygen atoms in total. The molecule has 1 aromatic carbocycles. The lowest BCUT2D eigenvalue weighted by atomic mass is 9.96. The monoisotopic (exact) mass is 374 g/mol. The number of benzene rings is 1. The van der Waals surface area contributed by atoms with E-state index in [1.807, 2.05) is 0 Å². The Morgan fingerprint density at radius 2 is 1.89 bits per heavy atom. The zero-order chi connectivity index (χ0) is 19.6. The first-order valence-corrected chi connectivity index (χ1v) is 9.38. The molecule has 0 saturated carbocycles. The molecule has 0 radical (unpaired) electrons. The molecule has 1 aromatic heterocycles. The average molecular weight is 374 g/mol. The first-order chi connectivity index (χ1) is 12.7. The van der Waals surface area contributed by atoms with E-state index in [9.17, 15) is 9.18 Å². The number of rotatable bonds is 4. The molecule has 2 aromatic rings. The van der Waals surface area contributed by atoms with E-state index in [-0.39, 0.29) is 29.2 Å². The molecule has 1 aliphatic heterocycles. The van der Waals surface area contributed by atoms with Crippen LogP contribution in [0.4, 0.5) is 4.39 Å². The van der Waals surface area contributed by atoms with Gasteiger partial charge in [-0.3, -0.25) is 9.69 Å².